The summed E-state index contributed by atoms with van der Waals surface area (Å²) in [6.45, 7) is 1.97. The van der Waals surface area contributed by atoms with Gasteiger partial charge in [0.2, 0.25) is 0 Å². The molecule has 0 spiro atoms. The molecule has 1 aromatic heterocycles. The predicted molar refractivity (Wildman–Crippen MR) is 105 cm³/mol. The van der Waals surface area contributed by atoms with Crippen LogP contribution in [-0.4, -0.2) is 10.9 Å². The maximum Gasteiger partial charge on any atom is 0.268 e. The number of aromatic nitrogens is 1. The Morgan fingerprint density at radius 2 is 1.93 bits per heavy atom. The summed E-state index contributed by atoms with van der Waals surface area (Å²) < 4.78 is 13.0. The summed E-state index contributed by atoms with van der Waals surface area (Å²) in [6, 6.07) is 15.7. The van der Waals surface area contributed by atoms with Crippen molar-refractivity contribution in [1.29, 1.82) is 5.26 Å². The third-order valence-corrected chi connectivity index (χ3v) is 4.73. The first-order chi connectivity index (χ1) is 13.0. The zero-order chi connectivity index (χ0) is 19.2. The van der Waals surface area contributed by atoms with Gasteiger partial charge in [-0.2, -0.15) is 5.26 Å². The number of anilines is 1. The lowest BCUT2D eigenvalue weighted by Gasteiger charge is -2.01. The summed E-state index contributed by atoms with van der Waals surface area (Å²) in [4.78, 5) is 17.5. The van der Waals surface area contributed by atoms with Gasteiger partial charge in [0.15, 0.2) is 5.13 Å². The van der Waals surface area contributed by atoms with Crippen LogP contribution in [0.5, 0.6) is 0 Å². The first kappa shape index (κ1) is 18.5. The second-order valence-electron chi connectivity index (χ2n) is 5.97. The number of nitrogens with one attached hydrogen (secondary N) is 1. The number of carbonyl (C=O) groups is 1. The van der Waals surface area contributed by atoms with Crippen LogP contribution in [0, 0.1) is 24.1 Å². The molecule has 0 saturated carbocycles. The largest absolute Gasteiger partial charge is 0.297 e. The summed E-state index contributed by atoms with van der Waals surface area (Å²) in [5, 5.41) is 12.4. The monoisotopic (exact) mass is 377 g/mol. The number of nitriles is 1. The minimum Gasteiger partial charge on any atom is -0.297 e. The summed E-state index contributed by atoms with van der Waals surface area (Å²) in [5.74, 6) is -0.777. The third kappa shape index (κ3) is 5.09. The lowest BCUT2D eigenvalue weighted by atomic mass is 10.1. The minimum absolute atomic E-state index is 0.00846. The Bertz CT molecular complexity index is 1010. The zero-order valence-electron chi connectivity index (χ0n) is 14.6. The number of benzene rings is 2. The number of hydrogen-bond acceptors (Lipinski definition) is 4. The Labute approximate surface area is 160 Å². The molecule has 0 saturated heterocycles. The average molecular weight is 377 g/mol. The van der Waals surface area contributed by atoms with Crippen molar-refractivity contribution in [2.24, 2.45) is 0 Å². The Morgan fingerprint density at radius 3 is 2.59 bits per heavy atom. The minimum atomic E-state index is -0.499. The first-order valence-corrected chi connectivity index (χ1v) is 9.04. The van der Waals surface area contributed by atoms with E-state index in [-0.39, 0.29) is 11.4 Å². The van der Waals surface area contributed by atoms with E-state index < -0.39 is 5.91 Å². The van der Waals surface area contributed by atoms with Crippen LogP contribution < -0.4 is 5.32 Å². The summed E-state index contributed by atoms with van der Waals surface area (Å²) >= 11 is 1.32. The topological polar surface area (TPSA) is 65.8 Å². The fourth-order valence-corrected chi connectivity index (χ4v) is 3.23. The van der Waals surface area contributed by atoms with Crippen molar-refractivity contribution in [2.75, 3.05) is 5.32 Å². The van der Waals surface area contributed by atoms with Crippen molar-refractivity contribution in [3.63, 3.8) is 0 Å². The van der Waals surface area contributed by atoms with E-state index >= 15 is 0 Å². The second kappa shape index (κ2) is 8.39. The van der Waals surface area contributed by atoms with Gasteiger partial charge in [0.1, 0.15) is 17.5 Å². The van der Waals surface area contributed by atoms with Crippen LogP contribution in [0.2, 0.25) is 0 Å². The van der Waals surface area contributed by atoms with E-state index in [1.807, 2.05) is 37.3 Å². The van der Waals surface area contributed by atoms with Gasteiger partial charge in [-0.1, -0.05) is 42.0 Å². The van der Waals surface area contributed by atoms with E-state index in [1.165, 1.54) is 23.5 Å². The van der Waals surface area contributed by atoms with Gasteiger partial charge in [-0.3, -0.25) is 10.1 Å². The maximum absolute atomic E-state index is 13.0. The van der Waals surface area contributed by atoms with E-state index in [0.717, 1.165) is 21.6 Å². The number of aryl methyl sites for hydroxylation is 1. The van der Waals surface area contributed by atoms with Crippen molar-refractivity contribution in [3.8, 4) is 6.07 Å². The molecule has 1 N–H and O–H groups in total. The van der Waals surface area contributed by atoms with Gasteiger partial charge in [0, 0.05) is 17.5 Å². The van der Waals surface area contributed by atoms with E-state index in [4.69, 9.17) is 0 Å². The van der Waals surface area contributed by atoms with Crippen molar-refractivity contribution < 1.29 is 9.18 Å². The molecule has 3 rings (SSSR count). The molecule has 0 atom stereocenters. The van der Waals surface area contributed by atoms with Crippen molar-refractivity contribution in [1.82, 2.24) is 4.98 Å². The second-order valence-corrected chi connectivity index (χ2v) is 7.08. The van der Waals surface area contributed by atoms with Crippen LogP contribution in [0.1, 0.15) is 21.6 Å². The first-order valence-electron chi connectivity index (χ1n) is 8.22. The van der Waals surface area contributed by atoms with Crippen LogP contribution >= 0.6 is 11.3 Å². The lowest BCUT2D eigenvalue weighted by Crippen LogP contribution is -2.13. The third-order valence-electron chi connectivity index (χ3n) is 3.82. The Balaban J connectivity index is 1.68. The quantitative estimate of drug-likeness (QED) is 0.516. The van der Waals surface area contributed by atoms with Gasteiger partial charge in [0.05, 0.1) is 0 Å². The van der Waals surface area contributed by atoms with Crippen molar-refractivity contribution in [2.45, 2.75) is 13.3 Å². The highest BCUT2D eigenvalue weighted by atomic mass is 32.1. The number of hydrogen-bond donors (Lipinski definition) is 1. The normalized spacial score (nSPS) is 11.1. The predicted octanol–water partition coefficient (Wildman–Crippen LogP) is 4.73. The molecular weight excluding hydrogens is 361 g/mol. The highest BCUT2D eigenvalue weighted by molar-refractivity contribution is 7.15. The standard InChI is InChI=1S/C21H16FN3OS/c1-14-2-4-15(5-3-14)10-17(12-23)20(26)25-21-24-13-19(27-21)11-16-6-8-18(22)9-7-16/h2-10,13H,11H2,1H3,(H,24,25,26)/b17-10-. The average Bonchev–Trinajstić information content (AvgIpc) is 3.10. The van der Waals surface area contributed by atoms with Gasteiger partial charge in [-0.15, -0.1) is 11.3 Å². The molecule has 1 heterocycles. The smallest absolute Gasteiger partial charge is 0.268 e. The molecule has 0 aliphatic carbocycles. The molecular formula is C21H16FN3OS. The molecule has 3 aromatic rings. The Kier molecular flexibility index (Phi) is 5.74. The van der Waals surface area contributed by atoms with E-state index in [2.05, 4.69) is 10.3 Å². The van der Waals surface area contributed by atoms with Crippen LogP contribution in [0.3, 0.4) is 0 Å². The number of thiazole rings is 1. The summed E-state index contributed by atoms with van der Waals surface area (Å²) in [5.41, 5.74) is 2.85. The summed E-state index contributed by atoms with van der Waals surface area (Å²) in [7, 11) is 0. The highest BCUT2D eigenvalue weighted by Gasteiger charge is 2.12. The van der Waals surface area contributed by atoms with E-state index in [1.54, 1.807) is 24.4 Å². The molecule has 1 amide bonds. The number of halogens is 1. The van der Waals surface area contributed by atoms with Gasteiger partial charge in [-0.25, -0.2) is 9.37 Å². The molecule has 4 nitrogen and oxygen atoms in total. The lowest BCUT2D eigenvalue weighted by molar-refractivity contribution is -0.112. The zero-order valence-corrected chi connectivity index (χ0v) is 15.4. The fourth-order valence-electron chi connectivity index (χ4n) is 2.39. The number of nitrogens with zero attached hydrogens (tertiary/aromatic N) is 2. The molecule has 0 radical (unpaired) electrons. The van der Waals surface area contributed by atoms with Crippen LogP contribution in [-0.2, 0) is 11.2 Å². The molecule has 0 bridgehead atoms. The van der Waals surface area contributed by atoms with Crippen molar-refractivity contribution in [3.05, 3.63) is 87.7 Å². The van der Waals surface area contributed by atoms with Crippen LogP contribution in [0.15, 0.2) is 60.3 Å². The summed E-state index contributed by atoms with van der Waals surface area (Å²) in [6.07, 6.45) is 3.80. The van der Waals surface area contributed by atoms with Crippen LogP contribution in [0.4, 0.5) is 9.52 Å². The fraction of sp³-hybridized carbons (Fsp3) is 0.0952. The number of amides is 1. The van der Waals surface area contributed by atoms with Gasteiger partial charge in [-0.05, 0) is 36.3 Å². The maximum atomic E-state index is 13.0. The molecule has 0 fully saturated rings. The van der Waals surface area contributed by atoms with Gasteiger partial charge >= 0.3 is 0 Å². The van der Waals surface area contributed by atoms with Crippen molar-refractivity contribution >= 4 is 28.5 Å². The molecule has 6 heteroatoms. The Hall–Kier alpha value is -3.30. The Morgan fingerprint density at radius 1 is 1.22 bits per heavy atom. The molecule has 2 aromatic carbocycles. The highest BCUT2D eigenvalue weighted by Crippen LogP contribution is 2.22. The molecule has 0 aliphatic rings. The molecule has 0 aliphatic heterocycles. The number of carbonyl (C=O) groups excluding carboxylic acids is 1. The van der Waals surface area contributed by atoms with E-state index in [0.29, 0.717) is 11.6 Å². The van der Waals surface area contributed by atoms with Crippen LogP contribution in [0.25, 0.3) is 6.08 Å². The van der Waals surface area contributed by atoms with Gasteiger partial charge in [0.25, 0.3) is 5.91 Å². The molecule has 27 heavy (non-hydrogen) atoms. The van der Waals surface area contributed by atoms with E-state index in [9.17, 15) is 14.4 Å². The SMILES string of the molecule is Cc1ccc(/C=C(/C#N)C(=O)Nc2ncc(Cc3ccc(F)cc3)s2)cc1. The molecule has 134 valence electrons. The number of rotatable bonds is 5. The molecule has 0 unspecified atom stereocenters. The van der Waals surface area contributed by atoms with Gasteiger partial charge < -0.3 is 0 Å².